The average Bonchev–Trinajstić information content (AvgIpc) is 2.75. The maximum Gasteiger partial charge on any atom is 0.124 e. The van der Waals surface area contributed by atoms with Crippen molar-refractivity contribution in [3.63, 3.8) is 0 Å². The maximum absolute atomic E-state index is 13.0. The molecule has 2 rings (SSSR count). The number of ether oxygens (including phenoxy) is 1. The molecule has 2 atom stereocenters. The van der Waals surface area contributed by atoms with Crippen molar-refractivity contribution >= 4 is 11.6 Å². The molecule has 1 heterocycles. The van der Waals surface area contributed by atoms with Crippen LogP contribution in [0.1, 0.15) is 18.0 Å². The molecule has 1 aliphatic heterocycles. The number of benzene rings is 1. The molecule has 1 aliphatic rings. The zero-order valence-electron chi connectivity index (χ0n) is 9.17. The van der Waals surface area contributed by atoms with Crippen LogP contribution in [-0.4, -0.2) is 20.3 Å². The van der Waals surface area contributed by atoms with Gasteiger partial charge in [-0.15, -0.1) is 0 Å². The first kappa shape index (κ1) is 11.8. The van der Waals surface area contributed by atoms with Crippen LogP contribution in [0, 0.1) is 11.7 Å². The Morgan fingerprint density at radius 3 is 2.94 bits per heavy atom. The van der Waals surface area contributed by atoms with E-state index in [9.17, 15) is 4.39 Å². The predicted molar refractivity (Wildman–Crippen MR) is 62.1 cm³/mol. The zero-order valence-corrected chi connectivity index (χ0v) is 9.93. The van der Waals surface area contributed by atoms with E-state index in [1.165, 1.54) is 12.1 Å². The SMILES string of the molecule is CNC(c1ccc(F)cc1Cl)C1CCOC1. The Balaban J connectivity index is 2.25. The number of hydrogen-bond donors (Lipinski definition) is 1. The Hall–Kier alpha value is -0.640. The lowest BCUT2D eigenvalue weighted by Crippen LogP contribution is -2.25. The van der Waals surface area contributed by atoms with Gasteiger partial charge in [-0.2, -0.15) is 0 Å². The first-order valence-corrected chi connectivity index (χ1v) is 5.80. The summed E-state index contributed by atoms with van der Waals surface area (Å²) in [5, 5.41) is 3.71. The average molecular weight is 244 g/mol. The van der Waals surface area contributed by atoms with Crippen LogP contribution < -0.4 is 5.32 Å². The molecule has 0 spiro atoms. The normalized spacial score (nSPS) is 22.3. The number of rotatable bonds is 3. The second-order valence-corrected chi connectivity index (χ2v) is 4.46. The minimum absolute atomic E-state index is 0.135. The van der Waals surface area contributed by atoms with E-state index in [0.29, 0.717) is 10.9 Å². The summed E-state index contributed by atoms with van der Waals surface area (Å²) in [6.07, 6.45) is 1.01. The molecule has 0 bridgehead atoms. The van der Waals surface area contributed by atoms with Gasteiger partial charge in [-0.1, -0.05) is 17.7 Å². The Morgan fingerprint density at radius 1 is 1.56 bits per heavy atom. The van der Waals surface area contributed by atoms with Gasteiger partial charge in [0, 0.05) is 23.6 Å². The van der Waals surface area contributed by atoms with Gasteiger partial charge in [0.1, 0.15) is 5.82 Å². The maximum atomic E-state index is 13.0. The van der Waals surface area contributed by atoms with Gasteiger partial charge in [0.25, 0.3) is 0 Å². The van der Waals surface area contributed by atoms with E-state index in [1.54, 1.807) is 6.07 Å². The van der Waals surface area contributed by atoms with Crippen LogP contribution in [0.15, 0.2) is 18.2 Å². The first-order valence-electron chi connectivity index (χ1n) is 5.42. The number of halogens is 2. The topological polar surface area (TPSA) is 21.3 Å². The molecule has 1 fully saturated rings. The van der Waals surface area contributed by atoms with Crippen LogP contribution in [-0.2, 0) is 4.74 Å². The van der Waals surface area contributed by atoms with E-state index in [2.05, 4.69) is 5.32 Å². The highest BCUT2D eigenvalue weighted by molar-refractivity contribution is 6.31. The van der Waals surface area contributed by atoms with Gasteiger partial charge in [0.05, 0.1) is 6.61 Å². The molecule has 16 heavy (non-hydrogen) atoms. The van der Waals surface area contributed by atoms with Gasteiger partial charge in [-0.3, -0.25) is 0 Å². The van der Waals surface area contributed by atoms with Crippen molar-refractivity contribution < 1.29 is 9.13 Å². The fraction of sp³-hybridized carbons (Fsp3) is 0.500. The Labute approximate surface area is 99.7 Å². The predicted octanol–water partition coefficient (Wildman–Crippen LogP) is 2.78. The van der Waals surface area contributed by atoms with Crippen LogP contribution in [0.3, 0.4) is 0 Å². The van der Waals surface area contributed by atoms with Crippen molar-refractivity contribution in [1.82, 2.24) is 5.32 Å². The molecule has 0 radical (unpaired) electrons. The first-order chi connectivity index (χ1) is 7.72. The summed E-state index contributed by atoms with van der Waals surface area (Å²) in [7, 11) is 1.89. The fourth-order valence-electron chi connectivity index (χ4n) is 2.21. The second kappa shape index (κ2) is 5.13. The van der Waals surface area contributed by atoms with Crippen molar-refractivity contribution in [2.75, 3.05) is 20.3 Å². The quantitative estimate of drug-likeness (QED) is 0.882. The monoisotopic (exact) mass is 243 g/mol. The zero-order chi connectivity index (χ0) is 11.5. The lowest BCUT2D eigenvalue weighted by molar-refractivity contribution is 0.178. The smallest absolute Gasteiger partial charge is 0.124 e. The minimum Gasteiger partial charge on any atom is -0.381 e. The van der Waals surface area contributed by atoms with Crippen LogP contribution in [0.4, 0.5) is 4.39 Å². The van der Waals surface area contributed by atoms with Gasteiger partial charge in [0.15, 0.2) is 0 Å². The number of nitrogens with one attached hydrogen (secondary N) is 1. The summed E-state index contributed by atoms with van der Waals surface area (Å²) in [4.78, 5) is 0. The third-order valence-corrected chi connectivity index (χ3v) is 3.37. The van der Waals surface area contributed by atoms with Crippen molar-refractivity contribution in [1.29, 1.82) is 0 Å². The molecule has 1 N–H and O–H groups in total. The molecular formula is C12H15ClFNO. The highest BCUT2D eigenvalue weighted by Gasteiger charge is 2.27. The van der Waals surface area contributed by atoms with Crippen molar-refractivity contribution in [3.8, 4) is 0 Å². The second-order valence-electron chi connectivity index (χ2n) is 4.06. The molecule has 0 aromatic heterocycles. The lowest BCUT2D eigenvalue weighted by atomic mass is 9.92. The highest BCUT2D eigenvalue weighted by atomic mass is 35.5. The summed E-state index contributed by atoms with van der Waals surface area (Å²) in [5.74, 6) is 0.110. The van der Waals surface area contributed by atoms with E-state index >= 15 is 0 Å². The summed E-state index contributed by atoms with van der Waals surface area (Å²) >= 11 is 6.06. The summed E-state index contributed by atoms with van der Waals surface area (Å²) < 4.78 is 18.3. The van der Waals surface area contributed by atoms with Gasteiger partial charge in [-0.25, -0.2) is 4.39 Å². The Bertz CT molecular complexity index is 366. The van der Waals surface area contributed by atoms with Crippen molar-refractivity contribution in [2.45, 2.75) is 12.5 Å². The summed E-state index contributed by atoms with van der Waals surface area (Å²) in [6.45, 7) is 1.53. The molecule has 1 saturated heterocycles. The minimum atomic E-state index is -0.300. The van der Waals surface area contributed by atoms with E-state index in [-0.39, 0.29) is 11.9 Å². The van der Waals surface area contributed by atoms with Crippen LogP contribution in [0.25, 0.3) is 0 Å². The molecule has 1 aromatic carbocycles. The molecule has 2 unspecified atom stereocenters. The summed E-state index contributed by atoms with van der Waals surface area (Å²) in [6, 6.07) is 4.69. The highest BCUT2D eigenvalue weighted by Crippen LogP contribution is 2.32. The molecule has 0 aliphatic carbocycles. The molecule has 2 nitrogen and oxygen atoms in total. The Morgan fingerprint density at radius 2 is 2.38 bits per heavy atom. The van der Waals surface area contributed by atoms with Crippen LogP contribution in [0.5, 0.6) is 0 Å². The van der Waals surface area contributed by atoms with Crippen molar-refractivity contribution in [3.05, 3.63) is 34.6 Å². The molecule has 88 valence electrons. The number of hydrogen-bond acceptors (Lipinski definition) is 2. The standard InChI is InChI=1S/C12H15ClFNO/c1-15-12(8-4-5-16-7-8)10-3-2-9(14)6-11(10)13/h2-3,6,8,12,15H,4-5,7H2,1H3. The molecular weight excluding hydrogens is 229 g/mol. The molecule has 0 amide bonds. The lowest BCUT2D eigenvalue weighted by Gasteiger charge is -2.23. The third-order valence-electron chi connectivity index (χ3n) is 3.04. The van der Waals surface area contributed by atoms with Gasteiger partial charge in [0.2, 0.25) is 0 Å². The van der Waals surface area contributed by atoms with Gasteiger partial charge >= 0.3 is 0 Å². The largest absolute Gasteiger partial charge is 0.381 e. The van der Waals surface area contributed by atoms with Gasteiger partial charge < -0.3 is 10.1 Å². The van der Waals surface area contributed by atoms with E-state index in [0.717, 1.165) is 25.2 Å². The van der Waals surface area contributed by atoms with Gasteiger partial charge in [-0.05, 0) is 31.2 Å². The van der Waals surface area contributed by atoms with Crippen molar-refractivity contribution in [2.24, 2.45) is 5.92 Å². The summed E-state index contributed by atoms with van der Waals surface area (Å²) in [5.41, 5.74) is 0.945. The van der Waals surface area contributed by atoms with E-state index in [1.807, 2.05) is 7.05 Å². The van der Waals surface area contributed by atoms with Crippen LogP contribution >= 0.6 is 11.6 Å². The fourth-order valence-corrected chi connectivity index (χ4v) is 2.50. The molecule has 1 aromatic rings. The van der Waals surface area contributed by atoms with E-state index < -0.39 is 0 Å². The Kier molecular flexibility index (Phi) is 3.79. The molecule has 4 heteroatoms. The molecule has 0 saturated carbocycles. The van der Waals surface area contributed by atoms with E-state index in [4.69, 9.17) is 16.3 Å². The van der Waals surface area contributed by atoms with Crippen LogP contribution in [0.2, 0.25) is 5.02 Å². The third kappa shape index (κ3) is 2.37.